The smallest absolute Gasteiger partial charge is 0.349 e. The van der Waals surface area contributed by atoms with Gasteiger partial charge in [-0.3, -0.25) is 0 Å². The van der Waals surface area contributed by atoms with Crippen molar-refractivity contribution in [3.63, 3.8) is 0 Å². The summed E-state index contributed by atoms with van der Waals surface area (Å²) in [5.74, 6) is 1.17. The number of carbonyl (C=O) groups is 1. The standard InChI is InChI=1S/C17H17BrO3/c1-12(2)13-4-3-5-16(10-13)20-11-17(19)21-15-8-6-14(18)7-9-15/h3-10,12H,11H2,1-2H3. The monoisotopic (exact) mass is 348 g/mol. The van der Waals surface area contributed by atoms with Gasteiger partial charge < -0.3 is 9.47 Å². The summed E-state index contributed by atoms with van der Waals surface area (Å²) < 4.78 is 11.6. The second-order valence-corrected chi connectivity index (χ2v) is 5.86. The molecule has 2 rings (SSSR count). The lowest BCUT2D eigenvalue weighted by atomic mass is 10.0. The summed E-state index contributed by atoms with van der Waals surface area (Å²) in [6.07, 6.45) is 0. The zero-order valence-corrected chi connectivity index (χ0v) is 13.6. The molecule has 0 fully saturated rings. The fourth-order valence-electron chi connectivity index (χ4n) is 1.77. The Balaban J connectivity index is 1.89. The summed E-state index contributed by atoms with van der Waals surface area (Å²) in [5, 5.41) is 0. The van der Waals surface area contributed by atoms with Crippen molar-refractivity contribution in [3.05, 3.63) is 58.6 Å². The summed E-state index contributed by atoms with van der Waals surface area (Å²) in [5.41, 5.74) is 1.17. The van der Waals surface area contributed by atoms with Gasteiger partial charge in [-0.1, -0.05) is 41.9 Å². The maximum Gasteiger partial charge on any atom is 0.349 e. The van der Waals surface area contributed by atoms with E-state index in [9.17, 15) is 4.79 Å². The Kier molecular flexibility index (Phi) is 5.39. The number of hydrogen-bond acceptors (Lipinski definition) is 3. The Hall–Kier alpha value is -1.81. The van der Waals surface area contributed by atoms with Gasteiger partial charge in [0, 0.05) is 4.47 Å². The molecule has 0 bridgehead atoms. The molecule has 2 aromatic rings. The molecule has 0 aliphatic rings. The Morgan fingerprint density at radius 3 is 2.48 bits per heavy atom. The molecule has 0 spiro atoms. The predicted molar refractivity (Wildman–Crippen MR) is 85.8 cm³/mol. The van der Waals surface area contributed by atoms with E-state index in [0.717, 1.165) is 4.47 Å². The molecular weight excluding hydrogens is 332 g/mol. The van der Waals surface area contributed by atoms with Gasteiger partial charge in [-0.05, 0) is 47.9 Å². The number of esters is 1. The molecule has 0 radical (unpaired) electrons. The zero-order valence-electron chi connectivity index (χ0n) is 12.0. The van der Waals surface area contributed by atoms with Gasteiger partial charge >= 0.3 is 5.97 Å². The summed E-state index contributed by atoms with van der Waals surface area (Å²) in [4.78, 5) is 11.7. The van der Waals surface area contributed by atoms with Crippen LogP contribution in [0.4, 0.5) is 0 Å². The van der Waals surface area contributed by atoms with Crippen LogP contribution in [0.5, 0.6) is 11.5 Å². The molecule has 0 saturated heterocycles. The van der Waals surface area contributed by atoms with Gasteiger partial charge in [0.05, 0.1) is 0 Å². The average molecular weight is 349 g/mol. The van der Waals surface area contributed by atoms with Crippen molar-refractivity contribution in [1.82, 2.24) is 0 Å². The minimum atomic E-state index is -0.424. The third-order valence-electron chi connectivity index (χ3n) is 2.93. The fourth-order valence-corrected chi connectivity index (χ4v) is 2.03. The van der Waals surface area contributed by atoms with Crippen LogP contribution in [0.25, 0.3) is 0 Å². The first-order valence-corrected chi connectivity index (χ1v) is 7.53. The molecule has 0 aliphatic carbocycles. The van der Waals surface area contributed by atoms with Crippen molar-refractivity contribution in [2.75, 3.05) is 6.61 Å². The van der Waals surface area contributed by atoms with Crippen LogP contribution in [0, 0.1) is 0 Å². The molecule has 3 nitrogen and oxygen atoms in total. The minimum absolute atomic E-state index is 0.113. The van der Waals surface area contributed by atoms with Crippen molar-refractivity contribution in [1.29, 1.82) is 0 Å². The van der Waals surface area contributed by atoms with Crippen LogP contribution in [0.2, 0.25) is 0 Å². The number of rotatable bonds is 5. The van der Waals surface area contributed by atoms with Crippen LogP contribution in [-0.2, 0) is 4.79 Å². The summed E-state index contributed by atoms with van der Waals surface area (Å²) in [7, 11) is 0. The lowest BCUT2D eigenvalue weighted by Crippen LogP contribution is -2.17. The number of benzene rings is 2. The first-order chi connectivity index (χ1) is 10.0. The molecule has 2 aromatic carbocycles. The van der Waals surface area contributed by atoms with Gasteiger partial charge in [0.1, 0.15) is 11.5 Å². The lowest BCUT2D eigenvalue weighted by molar-refractivity contribution is -0.136. The molecule has 0 saturated carbocycles. The third-order valence-corrected chi connectivity index (χ3v) is 3.46. The maximum atomic E-state index is 11.7. The van der Waals surface area contributed by atoms with Gasteiger partial charge in [-0.2, -0.15) is 0 Å². The highest BCUT2D eigenvalue weighted by Gasteiger charge is 2.07. The summed E-state index contributed by atoms with van der Waals surface area (Å²) in [6, 6.07) is 14.8. The number of hydrogen-bond donors (Lipinski definition) is 0. The van der Waals surface area contributed by atoms with Gasteiger partial charge in [0.25, 0.3) is 0 Å². The van der Waals surface area contributed by atoms with Crippen LogP contribution in [0.3, 0.4) is 0 Å². The van der Waals surface area contributed by atoms with E-state index < -0.39 is 5.97 Å². The van der Waals surface area contributed by atoms with Crippen molar-refractivity contribution < 1.29 is 14.3 Å². The largest absolute Gasteiger partial charge is 0.482 e. The third kappa shape index (κ3) is 4.90. The van der Waals surface area contributed by atoms with Gasteiger partial charge in [-0.25, -0.2) is 4.79 Å². The average Bonchev–Trinajstić information content (AvgIpc) is 2.48. The summed E-state index contributed by atoms with van der Waals surface area (Å²) >= 11 is 3.33. The van der Waals surface area contributed by atoms with E-state index in [1.165, 1.54) is 5.56 Å². The van der Waals surface area contributed by atoms with E-state index in [0.29, 0.717) is 17.4 Å². The van der Waals surface area contributed by atoms with E-state index in [2.05, 4.69) is 29.8 Å². The number of ether oxygens (including phenoxy) is 2. The van der Waals surface area contributed by atoms with Crippen LogP contribution >= 0.6 is 15.9 Å². The van der Waals surface area contributed by atoms with Gasteiger partial charge in [-0.15, -0.1) is 0 Å². The van der Waals surface area contributed by atoms with Crippen molar-refractivity contribution >= 4 is 21.9 Å². The highest BCUT2D eigenvalue weighted by atomic mass is 79.9. The zero-order chi connectivity index (χ0) is 15.2. The first kappa shape index (κ1) is 15.6. The molecule has 110 valence electrons. The Labute approximate surface area is 133 Å². The molecule has 0 aliphatic heterocycles. The van der Waals surface area contributed by atoms with Crippen molar-refractivity contribution in [2.24, 2.45) is 0 Å². The molecule has 4 heteroatoms. The predicted octanol–water partition coefficient (Wildman–Crippen LogP) is 4.56. The Morgan fingerprint density at radius 2 is 1.81 bits per heavy atom. The molecule has 0 N–H and O–H groups in total. The topological polar surface area (TPSA) is 35.5 Å². The molecule has 0 atom stereocenters. The van der Waals surface area contributed by atoms with E-state index in [1.807, 2.05) is 36.4 Å². The molecular formula is C17H17BrO3. The van der Waals surface area contributed by atoms with Crippen LogP contribution in [-0.4, -0.2) is 12.6 Å². The van der Waals surface area contributed by atoms with E-state index >= 15 is 0 Å². The van der Waals surface area contributed by atoms with Gasteiger partial charge in [0.15, 0.2) is 6.61 Å². The lowest BCUT2D eigenvalue weighted by Gasteiger charge is -2.10. The second-order valence-electron chi connectivity index (χ2n) is 4.94. The van der Waals surface area contributed by atoms with Crippen LogP contribution < -0.4 is 9.47 Å². The van der Waals surface area contributed by atoms with Gasteiger partial charge in [0.2, 0.25) is 0 Å². The normalized spacial score (nSPS) is 10.5. The molecule has 0 aromatic heterocycles. The number of halogens is 1. The van der Waals surface area contributed by atoms with E-state index in [-0.39, 0.29) is 6.61 Å². The quantitative estimate of drug-likeness (QED) is 0.587. The minimum Gasteiger partial charge on any atom is -0.482 e. The molecule has 21 heavy (non-hydrogen) atoms. The molecule has 0 amide bonds. The maximum absolute atomic E-state index is 11.7. The van der Waals surface area contributed by atoms with Crippen LogP contribution in [0.15, 0.2) is 53.0 Å². The highest BCUT2D eigenvalue weighted by Crippen LogP contribution is 2.20. The summed E-state index contributed by atoms with van der Waals surface area (Å²) in [6.45, 7) is 4.11. The van der Waals surface area contributed by atoms with E-state index in [4.69, 9.17) is 9.47 Å². The highest BCUT2D eigenvalue weighted by molar-refractivity contribution is 9.10. The van der Waals surface area contributed by atoms with Crippen molar-refractivity contribution in [2.45, 2.75) is 19.8 Å². The Bertz CT molecular complexity index is 606. The molecule has 0 heterocycles. The van der Waals surface area contributed by atoms with Crippen LogP contribution in [0.1, 0.15) is 25.3 Å². The SMILES string of the molecule is CC(C)c1cccc(OCC(=O)Oc2ccc(Br)cc2)c1. The molecule has 0 unspecified atom stereocenters. The fraction of sp³-hybridized carbons (Fsp3) is 0.235. The Morgan fingerprint density at radius 1 is 1.10 bits per heavy atom. The number of carbonyl (C=O) groups excluding carboxylic acids is 1. The first-order valence-electron chi connectivity index (χ1n) is 6.73. The second kappa shape index (κ2) is 7.27. The van der Waals surface area contributed by atoms with E-state index in [1.54, 1.807) is 12.1 Å². The van der Waals surface area contributed by atoms with Crippen molar-refractivity contribution in [3.8, 4) is 11.5 Å².